The quantitative estimate of drug-likeness (QED) is 0.455. The van der Waals surface area contributed by atoms with Crippen molar-refractivity contribution in [3.05, 3.63) is 66.2 Å². The lowest BCUT2D eigenvalue weighted by Gasteiger charge is -2.36. The Labute approximate surface area is 192 Å². The first-order valence-corrected chi connectivity index (χ1v) is 10.7. The van der Waals surface area contributed by atoms with Crippen molar-refractivity contribution >= 4 is 34.8 Å². The standard InChI is InChI=1S/C24H27F3N4.ClH/c25-24(26,27)20-7-5-8-21(18-20)31-16-14-30(15-17-31)13-4-3-12-28-23-11-10-19-6-1-2-9-22(19)29-23;/h1-2,5-11,18H,3-4,12-17H2,(H,28,29);1H. The summed E-state index contributed by atoms with van der Waals surface area (Å²) in [5.41, 5.74) is 1.06. The number of halogens is 4. The average molecular weight is 465 g/mol. The highest BCUT2D eigenvalue weighted by atomic mass is 35.5. The van der Waals surface area contributed by atoms with Crippen molar-refractivity contribution < 1.29 is 13.2 Å². The summed E-state index contributed by atoms with van der Waals surface area (Å²) in [6.07, 6.45) is -2.18. The van der Waals surface area contributed by atoms with Crippen molar-refractivity contribution in [2.75, 3.05) is 49.5 Å². The number of anilines is 2. The lowest BCUT2D eigenvalue weighted by atomic mass is 10.1. The molecule has 0 bridgehead atoms. The fourth-order valence-electron chi connectivity index (χ4n) is 3.95. The van der Waals surface area contributed by atoms with E-state index in [2.05, 4.69) is 27.3 Å². The molecule has 0 atom stereocenters. The van der Waals surface area contributed by atoms with Crippen LogP contribution in [0.15, 0.2) is 60.7 Å². The highest BCUT2D eigenvalue weighted by molar-refractivity contribution is 5.85. The van der Waals surface area contributed by atoms with Crippen LogP contribution in [0.3, 0.4) is 0 Å². The highest BCUT2D eigenvalue weighted by Crippen LogP contribution is 2.31. The number of rotatable bonds is 7. The number of piperazine rings is 1. The number of para-hydroxylation sites is 1. The molecule has 4 nitrogen and oxygen atoms in total. The molecule has 0 unspecified atom stereocenters. The Hall–Kier alpha value is -2.51. The van der Waals surface area contributed by atoms with E-state index in [1.54, 1.807) is 6.07 Å². The van der Waals surface area contributed by atoms with Gasteiger partial charge in [0.1, 0.15) is 5.82 Å². The summed E-state index contributed by atoms with van der Waals surface area (Å²) in [6.45, 7) is 5.12. The predicted molar refractivity (Wildman–Crippen MR) is 127 cm³/mol. The van der Waals surface area contributed by atoms with Crippen molar-refractivity contribution in [3.8, 4) is 0 Å². The SMILES string of the molecule is Cl.FC(F)(F)c1cccc(N2CCN(CCCCNc3ccc4ccccc4n3)CC2)c1. The molecule has 0 aliphatic carbocycles. The van der Waals surface area contributed by atoms with E-state index < -0.39 is 11.7 Å². The summed E-state index contributed by atoms with van der Waals surface area (Å²) < 4.78 is 38.8. The minimum absolute atomic E-state index is 0. The number of benzene rings is 2. The molecular formula is C24H28ClF3N4. The van der Waals surface area contributed by atoms with Gasteiger partial charge in [0.2, 0.25) is 0 Å². The van der Waals surface area contributed by atoms with Crippen LogP contribution in [0.4, 0.5) is 24.7 Å². The number of aromatic nitrogens is 1. The third-order valence-electron chi connectivity index (χ3n) is 5.72. The molecule has 1 N–H and O–H groups in total. The van der Waals surface area contributed by atoms with E-state index in [1.807, 2.05) is 29.2 Å². The van der Waals surface area contributed by atoms with Crippen molar-refractivity contribution in [3.63, 3.8) is 0 Å². The molecule has 1 saturated heterocycles. The Kier molecular flexibility index (Phi) is 8.21. The van der Waals surface area contributed by atoms with Crippen molar-refractivity contribution in [1.82, 2.24) is 9.88 Å². The van der Waals surface area contributed by atoms with Crippen LogP contribution >= 0.6 is 12.4 Å². The molecule has 8 heteroatoms. The number of unbranched alkanes of at least 4 members (excludes halogenated alkanes) is 1. The lowest BCUT2D eigenvalue weighted by molar-refractivity contribution is -0.137. The molecular weight excluding hydrogens is 437 g/mol. The van der Waals surface area contributed by atoms with Crippen LogP contribution in [0.1, 0.15) is 18.4 Å². The monoisotopic (exact) mass is 464 g/mol. The first-order chi connectivity index (χ1) is 15.0. The van der Waals surface area contributed by atoms with Crippen LogP contribution in [0, 0.1) is 0 Å². The van der Waals surface area contributed by atoms with Crippen LogP contribution in [-0.4, -0.2) is 49.2 Å². The molecule has 1 aromatic heterocycles. The lowest BCUT2D eigenvalue weighted by Crippen LogP contribution is -2.46. The molecule has 1 aliphatic heterocycles. The minimum atomic E-state index is -4.30. The molecule has 2 aromatic carbocycles. The van der Waals surface area contributed by atoms with Crippen LogP contribution in [-0.2, 0) is 6.18 Å². The maximum atomic E-state index is 12.9. The minimum Gasteiger partial charge on any atom is -0.370 e. The summed E-state index contributed by atoms with van der Waals surface area (Å²) in [4.78, 5) is 9.05. The third kappa shape index (κ3) is 6.26. The van der Waals surface area contributed by atoms with Crippen molar-refractivity contribution in [2.45, 2.75) is 19.0 Å². The summed E-state index contributed by atoms with van der Waals surface area (Å²) in [5, 5.41) is 4.53. The molecule has 0 amide bonds. The topological polar surface area (TPSA) is 31.4 Å². The number of hydrogen-bond donors (Lipinski definition) is 1. The molecule has 1 aliphatic rings. The Balaban J connectivity index is 0.00000289. The maximum absolute atomic E-state index is 12.9. The van der Waals surface area contributed by atoms with Gasteiger partial charge in [0.15, 0.2) is 0 Å². The number of hydrogen-bond acceptors (Lipinski definition) is 4. The van der Waals surface area contributed by atoms with Gasteiger partial charge in [-0.2, -0.15) is 13.2 Å². The van der Waals surface area contributed by atoms with Crippen LogP contribution in [0.2, 0.25) is 0 Å². The molecule has 0 radical (unpaired) electrons. The highest BCUT2D eigenvalue weighted by Gasteiger charge is 2.31. The van der Waals surface area contributed by atoms with Gasteiger partial charge >= 0.3 is 6.18 Å². The van der Waals surface area contributed by atoms with Gasteiger partial charge in [-0.3, -0.25) is 4.90 Å². The molecule has 172 valence electrons. The summed E-state index contributed by atoms with van der Waals surface area (Å²) in [5.74, 6) is 0.897. The predicted octanol–water partition coefficient (Wildman–Crippen LogP) is 5.69. The normalized spacial score (nSPS) is 14.9. The third-order valence-corrected chi connectivity index (χ3v) is 5.72. The number of fused-ring (bicyclic) bond motifs is 1. The van der Waals surface area contributed by atoms with E-state index in [9.17, 15) is 13.2 Å². The zero-order chi connectivity index (χ0) is 21.7. The van der Waals surface area contributed by atoms with E-state index in [1.165, 1.54) is 12.1 Å². The smallest absolute Gasteiger partial charge is 0.370 e. The van der Waals surface area contributed by atoms with Crippen molar-refractivity contribution in [1.29, 1.82) is 0 Å². The van der Waals surface area contributed by atoms with E-state index in [-0.39, 0.29) is 12.4 Å². The molecule has 32 heavy (non-hydrogen) atoms. The Morgan fingerprint density at radius 3 is 2.44 bits per heavy atom. The average Bonchev–Trinajstić information content (AvgIpc) is 2.79. The number of nitrogens with one attached hydrogen (secondary N) is 1. The Morgan fingerprint density at radius 1 is 0.875 bits per heavy atom. The van der Waals surface area contributed by atoms with Crippen LogP contribution < -0.4 is 10.2 Å². The van der Waals surface area contributed by atoms with E-state index >= 15 is 0 Å². The number of nitrogens with zero attached hydrogens (tertiary/aromatic N) is 3. The second-order valence-corrected chi connectivity index (χ2v) is 7.90. The van der Waals surface area contributed by atoms with E-state index in [4.69, 9.17) is 0 Å². The van der Waals surface area contributed by atoms with Gasteiger partial charge in [-0.05, 0) is 55.8 Å². The second kappa shape index (κ2) is 10.9. The fourth-order valence-corrected chi connectivity index (χ4v) is 3.95. The van der Waals surface area contributed by atoms with Gasteiger partial charge in [0.25, 0.3) is 0 Å². The zero-order valence-corrected chi connectivity index (χ0v) is 18.6. The Morgan fingerprint density at radius 2 is 1.66 bits per heavy atom. The van der Waals surface area contributed by atoms with Crippen LogP contribution in [0.5, 0.6) is 0 Å². The molecule has 0 spiro atoms. The largest absolute Gasteiger partial charge is 0.416 e. The Bertz CT molecular complexity index is 1000. The van der Waals surface area contributed by atoms with E-state index in [0.717, 1.165) is 74.9 Å². The van der Waals surface area contributed by atoms with Gasteiger partial charge in [-0.1, -0.05) is 24.3 Å². The second-order valence-electron chi connectivity index (χ2n) is 7.90. The van der Waals surface area contributed by atoms with Gasteiger partial charge in [-0.15, -0.1) is 12.4 Å². The first-order valence-electron chi connectivity index (χ1n) is 10.7. The van der Waals surface area contributed by atoms with Gasteiger partial charge in [0, 0.05) is 43.8 Å². The fraction of sp³-hybridized carbons (Fsp3) is 0.375. The van der Waals surface area contributed by atoms with Gasteiger partial charge < -0.3 is 10.2 Å². The molecule has 1 fully saturated rings. The van der Waals surface area contributed by atoms with E-state index in [0.29, 0.717) is 5.69 Å². The molecule has 4 rings (SSSR count). The summed E-state index contributed by atoms with van der Waals surface area (Å²) >= 11 is 0. The van der Waals surface area contributed by atoms with Gasteiger partial charge in [-0.25, -0.2) is 4.98 Å². The van der Waals surface area contributed by atoms with Crippen molar-refractivity contribution in [2.24, 2.45) is 0 Å². The zero-order valence-electron chi connectivity index (χ0n) is 17.8. The number of pyridine rings is 1. The molecule has 3 aromatic rings. The van der Waals surface area contributed by atoms with Crippen LogP contribution in [0.25, 0.3) is 10.9 Å². The maximum Gasteiger partial charge on any atom is 0.416 e. The molecule has 0 saturated carbocycles. The van der Waals surface area contributed by atoms with Gasteiger partial charge in [0.05, 0.1) is 11.1 Å². The number of alkyl halides is 3. The molecule has 2 heterocycles. The summed E-state index contributed by atoms with van der Waals surface area (Å²) in [6, 6.07) is 17.8. The first kappa shape index (κ1) is 24.1. The summed E-state index contributed by atoms with van der Waals surface area (Å²) in [7, 11) is 0.